The zero-order valence-electron chi connectivity index (χ0n) is 25.3. The molecule has 234 valence electrons. The van der Waals surface area contributed by atoms with Crippen LogP contribution in [-0.2, 0) is 10.0 Å². The van der Waals surface area contributed by atoms with Crippen molar-refractivity contribution in [2.24, 2.45) is 0 Å². The van der Waals surface area contributed by atoms with Crippen LogP contribution in [0.25, 0.3) is 33.2 Å². The number of piperidine rings is 1. The summed E-state index contributed by atoms with van der Waals surface area (Å²) in [6.45, 7) is 0.866. The number of nitrogens with one attached hydrogen (secondary N) is 2. The number of H-pyrrole nitrogens is 1. The molecule has 0 radical (unpaired) electrons. The first-order valence-electron chi connectivity index (χ1n) is 14.5. The molecule has 2 N–H and O–H groups in total. The van der Waals surface area contributed by atoms with Crippen LogP contribution >= 0.6 is 0 Å². The Morgan fingerprint density at radius 1 is 1.13 bits per heavy atom. The quantitative estimate of drug-likeness (QED) is 0.244. The second kappa shape index (κ2) is 11.6. The molecule has 1 saturated heterocycles. The van der Waals surface area contributed by atoms with E-state index in [2.05, 4.69) is 10.3 Å². The van der Waals surface area contributed by atoms with Gasteiger partial charge in [-0.15, -0.1) is 0 Å². The fourth-order valence-corrected chi connectivity index (χ4v) is 6.60. The molecule has 1 fully saturated rings. The summed E-state index contributed by atoms with van der Waals surface area (Å²) in [4.78, 5) is 31.9. The van der Waals surface area contributed by atoms with Crippen molar-refractivity contribution >= 4 is 49.4 Å². The standard InChI is InChI=1S/C33H33FN4O6S/c1-35-32(39)29-24-16-23(26(37(2)45(4,41)42)17-28(24)44-31(29)19-10-12-22(34)13-11-19)21-8-6-14-38(18-21)33(40)25-15-20-7-5-9-27(43-3)30(20)36-25/h5,7,9-13,15-17,21,36H,6,8,14,18H2,1-4H3,(H,35,39). The molecular weight excluding hydrogens is 599 g/mol. The second-order valence-corrected chi connectivity index (χ2v) is 13.2. The normalized spacial score (nSPS) is 15.4. The van der Waals surface area contributed by atoms with E-state index in [0.717, 1.165) is 17.2 Å². The molecule has 10 nitrogen and oxygen atoms in total. The number of nitrogens with zero attached hydrogens (tertiary/aromatic N) is 2. The molecule has 0 spiro atoms. The smallest absolute Gasteiger partial charge is 0.270 e. The van der Waals surface area contributed by atoms with E-state index in [4.69, 9.17) is 9.15 Å². The van der Waals surface area contributed by atoms with E-state index in [1.54, 1.807) is 30.2 Å². The molecule has 2 amide bonds. The molecule has 1 atom stereocenters. The fraction of sp³-hybridized carbons (Fsp3) is 0.273. The molecule has 1 unspecified atom stereocenters. The maximum Gasteiger partial charge on any atom is 0.270 e. The number of ether oxygens (including phenoxy) is 1. The minimum Gasteiger partial charge on any atom is -0.495 e. The number of rotatable bonds is 7. The minimum atomic E-state index is -3.69. The van der Waals surface area contributed by atoms with Gasteiger partial charge in [0.15, 0.2) is 0 Å². The van der Waals surface area contributed by atoms with E-state index in [-0.39, 0.29) is 23.1 Å². The Balaban J connectivity index is 1.45. The van der Waals surface area contributed by atoms with Crippen LogP contribution in [0, 0.1) is 5.82 Å². The number of anilines is 1. The van der Waals surface area contributed by atoms with Gasteiger partial charge in [-0.1, -0.05) is 12.1 Å². The number of carbonyl (C=O) groups excluding carboxylic acids is 2. The number of aromatic amines is 1. The van der Waals surface area contributed by atoms with E-state index in [1.807, 2.05) is 18.2 Å². The molecule has 12 heteroatoms. The SMILES string of the molecule is CNC(=O)c1c(-c2ccc(F)cc2)oc2cc(N(C)S(C)(=O)=O)c(C3CCCN(C(=O)c4cc5cccc(OC)c5[nH]4)C3)cc12. The number of methoxy groups -OCH3 is 1. The lowest BCUT2D eigenvalue weighted by molar-refractivity contribution is 0.0702. The Morgan fingerprint density at radius 2 is 1.89 bits per heavy atom. The third-order valence-electron chi connectivity index (χ3n) is 8.45. The van der Waals surface area contributed by atoms with Gasteiger partial charge in [0.25, 0.3) is 11.8 Å². The number of benzene rings is 3. The van der Waals surface area contributed by atoms with Crippen LogP contribution in [0.1, 0.15) is 45.2 Å². The number of hydrogen-bond acceptors (Lipinski definition) is 6. The third-order valence-corrected chi connectivity index (χ3v) is 9.64. The van der Waals surface area contributed by atoms with Gasteiger partial charge in [0.1, 0.15) is 28.6 Å². The van der Waals surface area contributed by atoms with E-state index < -0.39 is 21.7 Å². The molecule has 6 rings (SSSR count). The van der Waals surface area contributed by atoms with Crippen LogP contribution in [0.3, 0.4) is 0 Å². The highest BCUT2D eigenvalue weighted by Gasteiger charge is 2.32. The molecule has 3 aromatic carbocycles. The minimum absolute atomic E-state index is 0.176. The number of carbonyl (C=O) groups is 2. The van der Waals surface area contributed by atoms with Gasteiger partial charge in [-0.25, -0.2) is 12.8 Å². The number of fused-ring (bicyclic) bond motifs is 2. The number of hydrogen-bond donors (Lipinski definition) is 2. The van der Waals surface area contributed by atoms with E-state index in [0.29, 0.717) is 65.2 Å². The Hall–Kier alpha value is -4.84. The van der Waals surface area contributed by atoms with Crippen LogP contribution < -0.4 is 14.4 Å². The average Bonchev–Trinajstić information content (AvgIpc) is 3.65. The van der Waals surface area contributed by atoms with Gasteiger partial charge in [-0.3, -0.25) is 13.9 Å². The fourth-order valence-electron chi connectivity index (χ4n) is 6.08. The number of halogens is 1. The van der Waals surface area contributed by atoms with Crippen LogP contribution in [0.15, 0.2) is 65.1 Å². The summed E-state index contributed by atoms with van der Waals surface area (Å²) in [7, 11) is 0.860. The van der Waals surface area contributed by atoms with Gasteiger partial charge in [-0.2, -0.15) is 0 Å². The summed E-state index contributed by atoms with van der Waals surface area (Å²) < 4.78 is 52.1. The number of aromatic nitrogens is 1. The highest BCUT2D eigenvalue weighted by Crippen LogP contribution is 2.42. The Morgan fingerprint density at radius 3 is 2.58 bits per heavy atom. The maximum atomic E-state index is 13.8. The summed E-state index contributed by atoms with van der Waals surface area (Å²) in [6.07, 6.45) is 2.50. The molecule has 3 heterocycles. The zero-order valence-corrected chi connectivity index (χ0v) is 26.1. The third kappa shape index (κ3) is 5.50. The highest BCUT2D eigenvalue weighted by molar-refractivity contribution is 7.92. The molecule has 0 bridgehead atoms. The van der Waals surface area contributed by atoms with E-state index in [1.165, 1.54) is 42.7 Å². The summed E-state index contributed by atoms with van der Waals surface area (Å²) >= 11 is 0. The van der Waals surface area contributed by atoms with Gasteiger partial charge >= 0.3 is 0 Å². The van der Waals surface area contributed by atoms with Crippen molar-refractivity contribution in [1.82, 2.24) is 15.2 Å². The topological polar surface area (TPSA) is 125 Å². The van der Waals surface area contributed by atoms with Crippen LogP contribution in [0.5, 0.6) is 5.75 Å². The average molecular weight is 633 g/mol. The lowest BCUT2D eigenvalue weighted by Crippen LogP contribution is -2.39. The summed E-state index contributed by atoms with van der Waals surface area (Å²) in [5, 5.41) is 4.00. The van der Waals surface area contributed by atoms with Crippen molar-refractivity contribution in [3.05, 3.63) is 83.3 Å². The second-order valence-electron chi connectivity index (χ2n) is 11.2. The number of amides is 2. The largest absolute Gasteiger partial charge is 0.495 e. The maximum absolute atomic E-state index is 13.8. The molecule has 5 aromatic rings. The van der Waals surface area contributed by atoms with Crippen LogP contribution in [-0.4, -0.2) is 70.7 Å². The Labute approximate surface area is 259 Å². The predicted octanol–water partition coefficient (Wildman–Crippen LogP) is 5.50. The molecule has 1 aliphatic heterocycles. The van der Waals surface area contributed by atoms with Gasteiger partial charge in [0.05, 0.1) is 30.1 Å². The summed E-state index contributed by atoms with van der Waals surface area (Å²) in [6, 6.07) is 16.4. The van der Waals surface area contributed by atoms with E-state index in [9.17, 15) is 22.4 Å². The van der Waals surface area contributed by atoms with E-state index >= 15 is 0 Å². The lowest BCUT2D eigenvalue weighted by Gasteiger charge is -2.34. The number of sulfonamides is 1. The highest BCUT2D eigenvalue weighted by atomic mass is 32.2. The number of para-hydroxylation sites is 1. The lowest BCUT2D eigenvalue weighted by atomic mass is 9.88. The van der Waals surface area contributed by atoms with Gasteiger partial charge < -0.3 is 24.4 Å². The van der Waals surface area contributed by atoms with Gasteiger partial charge in [0, 0.05) is 55.5 Å². The summed E-state index contributed by atoms with van der Waals surface area (Å²) in [5.74, 6) is -0.380. The number of furan rings is 1. The van der Waals surface area contributed by atoms with Crippen molar-refractivity contribution in [3.63, 3.8) is 0 Å². The first-order chi connectivity index (χ1) is 21.5. The van der Waals surface area contributed by atoms with Crippen molar-refractivity contribution in [2.45, 2.75) is 18.8 Å². The van der Waals surface area contributed by atoms with Gasteiger partial charge in [-0.05, 0) is 60.9 Å². The van der Waals surface area contributed by atoms with Crippen molar-refractivity contribution < 1.29 is 31.6 Å². The van der Waals surface area contributed by atoms with Crippen molar-refractivity contribution in [1.29, 1.82) is 0 Å². The summed E-state index contributed by atoms with van der Waals surface area (Å²) in [5.41, 5.74) is 3.28. The number of likely N-dealkylation sites (tertiary alicyclic amines) is 1. The molecule has 1 aliphatic rings. The van der Waals surface area contributed by atoms with Crippen LogP contribution in [0.2, 0.25) is 0 Å². The predicted molar refractivity (Wildman–Crippen MR) is 171 cm³/mol. The van der Waals surface area contributed by atoms with Crippen LogP contribution in [0.4, 0.5) is 10.1 Å². The Kier molecular flexibility index (Phi) is 7.77. The zero-order chi connectivity index (χ0) is 32.0. The molecule has 0 aliphatic carbocycles. The van der Waals surface area contributed by atoms with Crippen molar-refractivity contribution in [3.8, 4) is 17.1 Å². The Bertz CT molecular complexity index is 2050. The van der Waals surface area contributed by atoms with Crippen molar-refractivity contribution in [2.75, 3.05) is 44.9 Å². The molecule has 2 aromatic heterocycles. The van der Waals surface area contributed by atoms with Gasteiger partial charge in [0.2, 0.25) is 10.0 Å². The molecular formula is C33H33FN4O6S. The first kappa shape index (κ1) is 30.2. The first-order valence-corrected chi connectivity index (χ1v) is 16.3. The molecule has 0 saturated carbocycles. The monoisotopic (exact) mass is 632 g/mol. The molecule has 45 heavy (non-hydrogen) atoms.